The molecule has 5 aromatic rings. The summed E-state index contributed by atoms with van der Waals surface area (Å²) in [5.74, 6) is -0.129. The maximum Gasteiger partial charge on any atom is 0.251 e. The van der Waals surface area contributed by atoms with Crippen molar-refractivity contribution in [2.24, 2.45) is 0 Å². The maximum absolute atomic E-state index is 14.5. The summed E-state index contributed by atoms with van der Waals surface area (Å²) in [6, 6.07) is 18.7. The molecule has 0 aliphatic heterocycles. The number of carbonyl (C=O) groups excluding carboxylic acids is 1. The van der Waals surface area contributed by atoms with Crippen molar-refractivity contribution in [3.63, 3.8) is 0 Å². The molecule has 9 heteroatoms. The van der Waals surface area contributed by atoms with Crippen LogP contribution >= 0.6 is 15.9 Å². The molecule has 1 amide bonds. The highest BCUT2D eigenvalue weighted by atomic mass is 79.9. The topological polar surface area (TPSA) is 91.8 Å². The minimum atomic E-state index is -0.413. The van der Waals surface area contributed by atoms with Gasteiger partial charge >= 0.3 is 0 Å². The zero-order valence-electron chi connectivity index (χ0n) is 23.9. The number of carbonyl (C=O) groups is 1. The van der Waals surface area contributed by atoms with E-state index in [1.54, 1.807) is 36.4 Å². The van der Waals surface area contributed by atoms with Gasteiger partial charge in [-0.15, -0.1) is 0 Å². The average Bonchev–Trinajstić information content (AvgIpc) is 3.03. The molecule has 0 saturated carbocycles. The molecule has 43 heavy (non-hydrogen) atoms. The van der Waals surface area contributed by atoms with E-state index in [1.165, 1.54) is 41.5 Å². The van der Waals surface area contributed by atoms with Crippen LogP contribution in [0.25, 0.3) is 21.8 Å². The number of amides is 1. The van der Waals surface area contributed by atoms with Crippen molar-refractivity contribution in [2.45, 2.75) is 51.4 Å². The SMILES string of the molecule is O=C(NCCCCCCNc1c2c(nc3ccccc13)CCCC2)c1ccc2ncnc(Nc3cccc(Br)c3F)c2c1. The highest BCUT2D eigenvalue weighted by Crippen LogP contribution is 2.33. The molecule has 0 radical (unpaired) electrons. The van der Waals surface area contributed by atoms with Gasteiger partial charge in [0.25, 0.3) is 5.91 Å². The molecule has 0 fully saturated rings. The Hall–Kier alpha value is -4.11. The minimum Gasteiger partial charge on any atom is -0.384 e. The third kappa shape index (κ3) is 6.62. The normalized spacial score (nSPS) is 12.7. The number of pyridine rings is 1. The number of fused-ring (bicyclic) bond motifs is 3. The largest absolute Gasteiger partial charge is 0.384 e. The second-order valence-electron chi connectivity index (χ2n) is 10.9. The van der Waals surface area contributed by atoms with Crippen LogP contribution in [0.2, 0.25) is 0 Å². The first kappa shape index (κ1) is 29.0. The molecule has 3 aromatic carbocycles. The summed E-state index contributed by atoms with van der Waals surface area (Å²) < 4.78 is 14.9. The van der Waals surface area contributed by atoms with Gasteiger partial charge in [0.05, 0.1) is 21.2 Å². The van der Waals surface area contributed by atoms with Crippen LogP contribution in [-0.4, -0.2) is 33.9 Å². The molecule has 0 saturated heterocycles. The summed E-state index contributed by atoms with van der Waals surface area (Å²) in [5.41, 5.74) is 6.46. The summed E-state index contributed by atoms with van der Waals surface area (Å²) in [4.78, 5) is 26.4. The first-order chi connectivity index (χ1) is 21.1. The average molecular weight is 642 g/mol. The highest BCUT2D eigenvalue weighted by Gasteiger charge is 2.18. The Labute approximate surface area is 258 Å². The fraction of sp³-hybridized carbons (Fsp3) is 0.294. The van der Waals surface area contributed by atoms with E-state index in [2.05, 4.69) is 66.1 Å². The lowest BCUT2D eigenvalue weighted by atomic mass is 9.92. The third-order valence-corrected chi connectivity index (χ3v) is 8.57. The molecular formula is C34H34BrFN6O. The Morgan fingerprint density at radius 1 is 0.860 bits per heavy atom. The van der Waals surface area contributed by atoms with Gasteiger partial charge in [0.1, 0.15) is 12.1 Å². The van der Waals surface area contributed by atoms with Gasteiger partial charge in [-0.05, 0) is 96.4 Å². The Morgan fingerprint density at radius 3 is 2.60 bits per heavy atom. The zero-order chi connectivity index (χ0) is 29.6. The monoisotopic (exact) mass is 640 g/mol. The van der Waals surface area contributed by atoms with Gasteiger partial charge in [0.2, 0.25) is 0 Å². The first-order valence-corrected chi connectivity index (χ1v) is 15.8. The van der Waals surface area contributed by atoms with Crippen LogP contribution in [-0.2, 0) is 12.8 Å². The number of rotatable bonds is 11. The Bertz CT molecular complexity index is 1780. The predicted molar refractivity (Wildman–Crippen MR) is 175 cm³/mol. The summed E-state index contributed by atoms with van der Waals surface area (Å²) >= 11 is 3.21. The summed E-state index contributed by atoms with van der Waals surface area (Å²) in [5, 5.41) is 11.7. The quantitative estimate of drug-likeness (QED) is 0.126. The smallest absolute Gasteiger partial charge is 0.251 e. The van der Waals surface area contributed by atoms with Crippen LogP contribution in [0.3, 0.4) is 0 Å². The predicted octanol–water partition coefficient (Wildman–Crippen LogP) is 8.10. The van der Waals surface area contributed by atoms with Gasteiger partial charge in [-0.1, -0.05) is 37.1 Å². The van der Waals surface area contributed by atoms with Gasteiger partial charge in [0.15, 0.2) is 5.82 Å². The maximum atomic E-state index is 14.5. The van der Waals surface area contributed by atoms with Gasteiger partial charge in [-0.3, -0.25) is 9.78 Å². The van der Waals surface area contributed by atoms with Crippen molar-refractivity contribution in [1.29, 1.82) is 0 Å². The molecule has 1 aliphatic carbocycles. The number of nitrogens with zero attached hydrogens (tertiary/aromatic N) is 3. The van der Waals surface area contributed by atoms with Crippen LogP contribution in [0, 0.1) is 5.82 Å². The summed E-state index contributed by atoms with van der Waals surface area (Å²) in [6.07, 6.45) is 10.1. The number of aryl methyl sites for hydroxylation is 1. The first-order valence-electron chi connectivity index (χ1n) is 15.0. The van der Waals surface area contributed by atoms with E-state index in [-0.39, 0.29) is 11.6 Å². The number of para-hydroxylation sites is 1. The van der Waals surface area contributed by atoms with Crippen molar-refractivity contribution in [3.8, 4) is 0 Å². The lowest BCUT2D eigenvalue weighted by Crippen LogP contribution is -2.24. The van der Waals surface area contributed by atoms with E-state index in [1.807, 2.05) is 0 Å². The van der Waals surface area contributed by atoms with Crippen LogP contribution in [0.15, 0.2) is 71.5 Å². The standard InChI is InChI=1S/C34H34BrFN6O/c35-26-12-9-15-30(31(26)36)42-33-25-20-22(16-17-27(25)39-21-40-33)34(43)38-19-8-2-1-7-18-37-32-23-10-3-5-13-28(23)41-29-14-6-4-11-24(29)32/h3,5,9-10,12-13,15-17,20-21H,1-2,4,6-8,11,14,18-19H2,(H,37,41)(H,38,43)(H,39,40,42). The van der Waals surface area contributed by atoms with E-state index < -0.39 is 5.82 Å². The molecule has 2 heterocycles. The molecule has 0 atom stereocenters. The fourth-order valence-electron chi connectivity index (χ4n) is 5.72. The van der Waals surface area contributed by atoms with Crippen molar-refractivity contribution < 1.29 is 9.18 Å². The van der Waals surface area contributed by atoms with Crippen molar-refractivity contribution in [3.05, 3.63) is 94.1 Å². The van der Waals surface area contributed by atoms with Gasteiger partial charge < -0.3 is 16.0 Å². The van der Waals surface area contributed by atoms with Gasteiger partial charge in [0, 0.05) is 40.8 Å². The van der Waals surface area contributed by atoms with E-state index in [0.29, 0.717) is 33.3 Å². The van der Waals surface area contributed by atoms with Crippen LogP contribution in [0.4, 0.5) is 21.6 Å². The Kier molecular flexibility index (Phi) is 9.07. The van der Waals surface area contributed by atoms with Crippen molar-refractivity contribution in [1.82, 2.24) is 20.3 Å². The third-order valence-electron chi connectivity index (χ3n) is 7.96. The number of halogens is 2. The molecule has 3 N–H and O–H groups in total. The van der Waals surface area contributed by atoms with E-state index in [0.717, 1.165) is 50.6 Å². The molecular weight excluding hydrogens is 607 g/mol. The van der Waals surface area contributed by atoms with Crippen molar-refractivity contribution in [2.75, 3.05) is 23.7 Å². The van der Waals surface area contributed by atoms with E-state index in [9.17, 15) is 9.18 Å². The molecule has 6 rings (SSSR count). The second kappa shape index (κ2) is 13.5. The molecule has 0 unspecified atom stereocenters. The molecule has 2 aromatic heterocycles. The number of unbranched alkanes of at least 4 members (excludes halogenated alkanes) is 3. The van der Waals surface area contributed by atoms with E-state index in [4.69, 9.17) is 4.98 Å². The molecule has 0 spiro atoms. The summed E-state index contributed by atoms with van der Waals surface area (Å²) in [7, 11) is 0. The fourth-order valence-corrected chi connectivity index (χ4v) is 6.09. The summed E-state index contributed by atoms with van der Waals surface area (Å²) in [6.45, 7) is 1.53. The molecule has 7 nitrogen and oxygen atoms in total. The number of nitrogens with one attached hydrogen (secondary N) is 3. The number of aromatic nitrogens is 3. The molecule has 0 bridgehead atoms. The van der Waals surface area contributed by atoms with Crippen molar-refractivity contribution >= 4 is 60.8 Å². The number of hydrogen-bond donors (Lipinski definition) is 3. The lowest BCUT2D eigenvalue weighted by molar-refractivity contribution is 0.0953. The Balaban J connectivity index is 0.988. The number of anilines is 3. The minimum absolute atomic E-state index is 0.152. The lowest BCUT2D eigenvalue weighted by Gasteiger charge is -2.21. The van der Waals surface area contributed by atoms with E-state index >= 15 is 0 Å². The molecule has 220 valence electrons. The molecule has 1 aliphatic rings. The van der Waals surface area contributed by atoms with Gasteiger partial charge in [-0.2, -0.15) is 0 Å². The van der Waals surface area contributed by atoms with Crippen LogP contribution < -0.4 is 16.0 Å². The zero-order valence-corrected chi connectivity index (χ0v) is 25.5. The second-order valence-corrected chi connectivity index (χ2v) is 11.8. The van der Waals surface area contributed by atoms with Gasteiger partial charge in [-0.25, -0.2) is 14.4 Å². The van der Waals surface area contributed by atoms with Crippen LogP contribution in [0.5, 0.6) is 0 Å². The Morgan fingerprint density at radius 2 is 1.70 bits per heavy atom. The number of hydrogen-bond acceptors (Lipinski definition) is 6. The van der Waals surface area contributed by atoms with Crippen LogP contribution in [0.1, 0.15) is 60.1 Å². The number of benzene rings is 3. The highest BCUT2D eigenvalue weighted by molar-refractivity contribution is 9.10.